The molecule has 23 heavy (non-hydrogen) atoms. The Morgan fingerprint density at radius 3 is 2.61 bits per heavy atom. The number of rotatable bonds is 3. The minimum atomic E-state index is -0.291. The maximum Gasteiger partial charge on any atom is 0.270 e. The third kappa shape index (κ3) is 2.82. The normalized spacial score (nSPS) is 12.3. The molecule has 118 valence electrons. The van der Waals surface area contributed by atoms with Gasteiger partial charge >= 0.3 is 0 Å². The van der Waals surface area contributed by atoms with E-state index in [1.165, 1.54) is 12.1 Å². The van der Waals surface area contributed by atoms with Gasteiger partial charge < -0.3 is 5.32 Å². The van der Waals surface area contributed by atoms with E-state index in [9.17, 15) is 9.18 Å². The lowest BCUT2D eigenvalue weighted by Gasteiger charge is -2.14. The van der Waals surface area contributed by atoms with Gasteiger partial charge in [-0.2, -0.15) is 0 Å². The van der Waals surface area contributed by atoms with E-state index in [2.05, 4.69) is 10.3 Å². The van der Waals surface area contributed by atoms with Crippen molar-refractivity contribution in [2.45, 2.75) is 26.8 Å². The first-order valence-corrected chi connectivity index (χ1v) is 7.48. The summed E-state index contributed by atoms with van der Waals surface area (Å²) in [5.41, 5.74) is 3.86. The maximum absolute atomic E-state index is 13.0. The van der Waals surface area contributed by atoms with Crippen LogP contribution in [-0.2, 0) is 0 Å². The van der Waals surface area contributed by atoms with E-state index < -0.39 is 0 Å². The van der Waals surface area contributed by atoms with E-state index in [1.807, 2.05) is 39.1 Å². The number of hydrogen-bond acceptors (Lipinski definition) is 2. The maximum atomic E-state index is 13.0. The van der Waals surface area contributed by atoms with E-state index in [0.717, 1.165) is 16.8 Å². The Morgan fingerprint density at radius 2 is 1.91 bits per heavy atom. The Kier molecular flexibility index (Phi) is 3.86. The van der Waals surface area contributed by atoms with E-state index in [-0.39, 0.29) is 17.8 Å². The molecule has 0 saturated heterocycles. The van der Waals surface area contributed by atoms with Gasteiger partial charge in [-0.3, -0.25) is 9.20 Å². The monoisotopic (exact) mass is 311 g/mol. The quantitative estimate of drug-likeness (QED) is 0.803. The summed E-state index contributed by atoms with van der Waals surface area (Å²) in [6.07, 6.45) is 1.83. The van der Waals surface area contributed by atoms with Gasteiger partial charge in [0.25, 0.3) is 5.91 Å². The summed E-state index contributed by atoms with van der Waals surface area (Å²) in [7, 11) is 0. The zero-order chi connectivity index (χ0) is 16.6. The number of aromatic nitrogens is 2. The Morgan fingerprint density at radius 1 is 1.22 bits per heavy atom. The van der Waals surface area contributed by atoms with Gasteiger partial charge in [0.15, 0.2) is 0 Å². The van der Waals surface area contributed by atoms with Crippen molar-refractivity contribution in [3.05, 3.63) is 70.9 Å². The minimum absolute atomic E-state index is 0.197. The van der Waals surface area contributed by atoms with Crippen molar-refractivity contribution in [2.75, 3.05) is 0 Å². The molecule has 0 fully saturated rings. The highest BCUT2D eigenvalue weighted by Gasteiger charge is 2.19. The minimum Gasteiger partial charge on any atom is -0.344 e. The first-order chi connectivity index (χ1) is 11.0. The number of benzene rings is 1. The molecular formula is C18H18FN3O. The van der Waals surface area contributed by atoms with Gasteiger partial charge in [0.2, 0.25) is 0 Å². The lowest BCUT2D eigenvalue weighted by atomic mass is 10.1. The number of hydrogen-bond donors (Lipinski definition) is 1. The topological polar surface area (TPSA) is 46.4 Å². The Hall–Kier alpha value is -2.69. The zero-order valence-corrected chi connectivity index (χ0v) is 13.3. The smallest absolute Gasteiger partial charge is 0.270 e. The molecule has 2 heterocycles. The Labute approximate surface area is 134 Å². The van der Waals surface area contributed by atoms with E-state index in [1.54, 1.807) is 16.5 Å². The summed E-state index contributed by atoms with van der Waals surface area (Å²) in [6, 6.07) is 9.76. The molecule has 1 amide bonds. The number of imidazole rings is 1. The number of carbonyl (C=O) groups is 1. The van der Waals surface area contributed by atoms with Gasteiger partial charge in [0.1, 0.15) is 17.2 Å². The van der Waals surface area contributed by atoms with Crippen molar-refractivity contribution >= 4 is 11.6 Å². The predicted octanol–water partition coefficient (Wildman–Crippen LogP) is 3.58. The second-order valence-electron chi connectivity index (χ2n) is 5.68. The number of aryl methyl sites for hydroxylation is 2. The van der Waals surface area contributed by atoms with Crippen LogP contribution in [0, 0.1) is 19.7 Å². The van der Waals surface area contributed by atoms with E-state index >= 15 is 0 Å². The number of pyridine rings is 1. The lowest BCUT2D eigenvalue weighted by molar-refractivity contribution is 0.0933. The average molecular weight is 311 g/mol. The molecule has 1 N–H and O–H groups in total. The van der Waals surface area contributed by atoms with Crippen LogP contribution in [0.3, 0.4) is 0 Å². The fourth-order valence-electron chi connectivity index (χ4n) is 2.69. The molecule has 0 aliphatic heterocycles. The second kappa shape index (κ2) is 5.83. The third-order valence-corrected chi connectivity index (χ3v) is 3.95. The van der Waals surface area contributed by atoms with Gasteiger partial charge in [-0.25, -0.2) is 9.37 Å². The van der Waals surface area contributed by atoms with Gasteiger partial charge in [-0.05, 0) is 50.1 Å². The number of halogens is 1. The molecular weight excluding hydrogens is 293 g/mol. The summed E-state index contributed by atoms with van der Waals surface area (Å²) in [5.74, 6) is -0.488. The molecule has 0 bridgehead atoms. The Bertz CT molecular complexity index is 868. The van der Waals surface area contributed by atoms with Gasteiger partial charge in [0.05, 0.1) is 11.7 Å². The molecule has 4 nitrogen and oxygen atoms in total. The summed E-state index contributed by atoms with van der Waals surface area (Å²) >= 11 is 0. The largest absolute Gasteiger partial charge is 0.344 e. The highest BCUT2D eigenvalue weighted by Crippen LogP contribution is 2.18. The molecule has 0 spiro atoms. The van der Waals surface area contributed by atoms with Gasteiger partial charge in [-0.1, -0.05) is 18.2 Å². The summed E-state index contributed by atoms with van der Waals surface area (Å²) < 4.78 is 14.8. The fraction of sp³-hybridized carbons (Fsp3) is 0.222. The third-order valence-electron chi connectivity index (χ3n) is 3.95. The highest BCUT2D eigenvalue weighted by molar-refractivity contribution is 5.95. The summed E-state index contributed by atoms with van der Waals surface area (Å²) in [4.78, 5) is 17.1. The molecule has 3 aromatic rings. The van der Waals surface area contributed by atoms with Crippen LogP contribution < -0.4 is 5.32 Å². The number of fused-ring (bicyclic) bond motifs is 1. The Balaban J connectivity index is 1.90. The highest BCUT2D eigenvalue weighted by atomic mass is 19.1. The number of nitrogens with zero attached hydrogens (tertiary/aromatic N) is 2. The van der Waals surface area contributed by atoms with Crippen LogP contribution in [0.25, 0.3) is 5.65 Å². The molecule has 5 heteroatoms. The van der Waals surface area contributed by atoms with Crippen LogP contribution in [0.15, 0.2) is 42.6 Å². The first-order valence-electron chi connectivity index (χ1n) is 7.48. The van der Waals surface area contributed by atoms with Crippen LogP contribution in [0.4, 0.5) is 4.39 Å². The van der Waals surface area contributed by atoms with E-state index in [4.69, 9.17) is 0 Å². The average Bonchev–Trinajstić information content (AvgIpc) is 2.85. The van der Waals surface area contributed by atoms with Crippen LogP contribution in [0.2, 0.25) is 0 Å². The molecule has 0 radical (unpaired) electrons. The van der Waals surface area contributed by atoms with Crippen LogP contribution in [-0.4, -0.2) is 15.3 Å². The summed E-state index contributed by atoms with van der Waals surface area (Å²) in [5, 5.41) is 2.95. The molecule has 3 rings (SSSR count). The number of nitrogens with one attached hydrogen (secondary N) is 1. The number of amides is 1. The van der Waals surface area contributed by atoms with Crippen molar-refractivity contribution in [3.8, 4) is 0 Å². The van der Waals surface area contributed by atoms with Crippen LogP contribution >= 0.6 is 0 Å². The standard InChI is InChI=1S/C18H18FN3O/c1-11-5-4-10-22-16(13(3)20-17(11)22)18(23)21-12(2)14-6-8-15(19)9-7-14/h4-10,12H,1-3H3,(H,21,23). The van der Waals surface area contributed by atoms with Crippen LogP contribution in [0.5, 0.6) is 0 Å². The predicted molar refractivity (Wildman–Crippen MR) is 86.9 cm³/mol. The van der Waals surface area contributed by atoms with Crippen LogP contribution in [0.1, 0.15) is 40.3 Å². The fourth-order valence-corrected chi connectivity index (χ4v) is 2.69. The first kappa shape index (κ1) is 15.2. The van der Waals surface area contributed by atoms with Crippen molar-refractivity contribution in [2.24, 2.45) is 0 Å². The summed E-state index contributed by atoms with van der Waals surface area (Å²) in [6.45, 7) is 5.66. The second-order valence-corrected chi connectivity index (χ2v) is 5.68. The van der Waals surface area contributed by atoms with E-state index in [0.29, 0.717) is 11.4 Å². The zero-order valence-electron chi connectivity index (χ0n) is 13.3. The van der Waals surface area contributed by atoms with Crippen molar-refractivity contribution in [3.63, 3.8) is 0 Å². The van der Waals surface area contributed by atoms with Gasteiger partial charge in [-0.15, -0.1) is 0 Å². The molecule has 1 atom stereocenters. The molecule has 0 aliphatic rings. The number of carbonyl (C=O) groups excluding carboxylic acids is 1. The van der Waals surface area contributed by atoms with Crippen molar-refractivity contribution < 1.29 is 9.18 Å². The molecule has 2 aromatic heterocycles. The van der Waals surface area contributed by atoms with Crippen molar-refractivity contribution in [1.29, 1.82) is 0 Å². The SMILES string of the molecule is Cc1nc2c(C)cccn2c1C(=O)NC(C)c1ccc(F)cc1. The molecule has 1 aromatic carbocycles. The lowest BCUT2D eigenvalue weighted by Crippen LogP contribution is -2.28. The van der Waals surface area contributed by atoms with Crippen molar-refractivity contribution in [1.82, 2.24) is 14.7 Å². The molecule has 0 saturated carbocycles. The van der Waals surface area contributed by atoms with Gasteiger partial charge in [0, 0.05) is 6.20 Å². The molecule has 1 unspecified atom stereocenters. The molecule has 0 aliphatic carbocycles.